The number of methoxy groups -OCH3 is 3. The summed E-state index contributed by atoms with van der Waals surface area (Å²) in [6.07, 6.45) is 0. The van der Waals surface area contributed by atoms with Crippen LogP contribution < -0.4 is 19.7 Å². The number of carbonyl (C=O) groups excluding carboxylic acids is 3. The molecule has 8 nitrogen and oxygen atoms in total. The summed E-state index contributed by atoms with van der Waals surface area (Å²) in [4.78, 5) is 37.4. The second kappa shape index (κ2) is 9.40. The Kier molecular flexibility index (Phi) is 6.97. The van der Waals surface area contributed by atoms with Crippen LogP contribution in [0.4, 0.5) is 11.4 Å². The molecule has 28 heavy (non-hydrogen) atoms. The molecule has 0 aliphatic heterocycles. The standard InChI is InChI=1S/C20H22N2O6/c1-13(23)22(15-7-5-14(6-8-15)20(25)28-4)12-19(24)21-17-11-16(26-2)9-10-18(17)27-3/h5-11H,12H2,1-4H3,(H,21,24). The summed E-state index contributed by atoms with van der Waals surface area (Å²) < 4.78 is 15.0. The summed E-state index contributed by atoms with van der Waals surface area (Å²) in [6, 6.07) is 11.2. The highest BCUT2D eigenvalue weighted by Crippen LogP contribution is 2.29. The normalized spacial score (nSPS) is 10.0. The number of nitrogens with one attached hydrogen (secondary N) is 1. The lowest BCUT2D eigenvalue weighted by atomic mass is 10.2. The zero-order valence-corrected chi connectivity index (χ0v) is 16.1. The van der Waals surface area contributed by atoms with Gasteiger partial charge < -0.3 is 24.4 Å². The lowest BCUT2D eigenvalue weighted by molar-refractivity contribution is -0.120. The van der Waals surface area contributed by atoms with Gasteiger partial charge in [-0.1, -0.05) is 0 Å². The van der Waals surface area contributed by atoms with Crippen LogP contribution in [0.2, 0.25) is 0 Å². The maximum absolute atomic E-state index is 12.5. The molecule has 2 aromatic rings. The van der Waals surface area contributed by atoms with E-state index in [2.05, 4.69) is 10.1 Å². The first-order chi connectivity index (χ1) is 13.4. The van der Waals surface area contributed by atoms with E-state index in [-0.39, 0.29) is 12.5 Å². The minimum absolute atomic E-state index is 0.215. The second-order valence-electron chi connectivity index (χ2n) is 5.76. The highest BCUT2D eigenvalue weighted by atomic mass is 16.5. The van der Waals surface area contributed by atoms with Crippen LogP contribution in [0.15, 0.2) is 42.5 Å². The topological polar surface area (TPSA) is 94.2 Å². The molecule has 0 unspecified atom stereocenters. The van der Waals surface area contributed by atoms with Crippen molar-refractivity contribution in [1.82, 2.24) is 0 Å². The maximum atomic E-state index is 12.5. The number of esters is 1. The maximum Gasteiger partial charge on any atom is 0.337 e. The molecule has 1 N–H and O–H groups in total. The predicted octanol–water partition coefficient (Wildman–Crippen LogP) is 2.48. The van der Waals surface area contributed by atoms with Gasteiger partial charge in [-0.15, -0.1) is 0 Å². The Morgan fingerprint density at radius 1 is 0.964 bits per heavy atom. The van der Waals surface area contributed by atoms with Gasteiger partial charge in [0.1, 0.15) is 18.0 Å². The third-order valence-corrected chi connectivity index (χ3v) is 3.96. The van der Waals surface area contributed by atoms with Crippen molar-refractivity contribution in [3.8, 4) is 11.5 Å². The molecule has 0 atom stereocenters. The van der Waals surface area contributed by atoms with E-state index in [0.717, 1.165) is 0 Å². The van der Waals surface area contributed by atoms with Gasteiger partial charge in [0.15, 0.2) is 0 Å². The lowest BCUT2D eigenvalue weighted by Crippen LogP contribution is -2.36. The van der Waals surface area contributed by atoms with Gasteiger partial charge in [0.05, 0.1) is 32.6 Å². The number of hydrogen-bond donors (Lipinski definition) is 1. The first-order valence-electron chi connectivity index (χ1n) is 8.38. The fourth-order valence-electron chi connectivity index (χ4n) is 2.52. The summed E-state index contributed by atoms with van der Waals surface area (Å²) >= 11 is 0. The first-order valence-corrected chi connectivity index (χ1v) is 8.38. The van der Waals surface area contributed by atoms with Gasteiger partial charge >= 0.3 is 5.97 Å². The van der Waals surface area contributed by atoms with Crippen LogP contribution in [0, 0.1) is 0 Å². The van der Waals surface area contributed by atoms with Crippen LogP contribution in [0.25, 0.3) is 0 Å². The van der Waals surface area contributed by atoms with Crippen molar-refractivity contribution < 1.29 is 28.6 Å². The average Bonchev–Trinajstić information content (AvgIpc) is 2.71. The highest BCUT2D eigenvalue weighted by molar-refractivity contribution is 6.02. The van der Waals surface area contributed by atoms with Gasteiger partial charge in [-0.2, -0.15) is 0 Å². The molecule has 2 aromatic carbocycles. The highest BCUT2D eigenvalue weighted by Gasteiger charge is 2.18. The minimum Gasteiger partial charge on any atom is -0.497 e. The molecule has 0 bridgehead atoms. The lowest BCUT2D eigenvalue weighted by Gasteiger charge is -2.21. The summed E-state index contributed by atoms with van der Waals surface area (Å²) in [6.45, 7) is 1.14. The Labute approximate surface area is 163 Å². The van der Waals surface area contributed by atoms with Gasteiger partial charge in [-0.25, -0.2) is 4.79 Å². The molecule has 0 aromatic heterocycles. The van der Waals surface area contributed by atoms with Gasteiger partial charge in [0.25, 0.3) is 0 Å². The summed E-state index contributed by atoms with van der Waals surface area (Å²) in [7, 11) is 4.29. The number of anilines is 2. The van der Waals surface area contributed by atoms with E-state index in [4.69, 9.17) is 9.47 Å². The largest absolute Gasteiger partial charge is 0.497 e. The van der Waals surface area contributed by atoms with Crippen LogP contribution in [0.1, 0.15) is 17.3 Å². The molecule has 148 valence electrons. The van der Waals surface area contributed by atoms with Crippen LogP contribution in [0.5, 0.6) is 11.5 Å². The average molecular weight is 386 g/mol. The SMILES string of the molecule is COC(=O)c1ccc(N(CC(=O)Nc2cc(OC)ccc2OC)C(C)=O)cc1. The molecule has 0 aliphatic carbocycles. The number of ether oxygens (including phenoxy) is 3. The molecule has 0 fully saturated rings. The predicted molar refractivity (Wildman–Crippen MR) is 104 cm³/mol. The van der Waals surface area contributed by atoms with E-state index >= 15 is 0 Å². The number of benzene rings is 2. The number of amides is 2. The smallest absolute Gasteiger partial charge is 0.337 e. The van der Waals surface area contributed by atoms with Gasteiger partial charge in [0.2, 0.25) is 11.8 Å². The Bertz CT molecular complexity index is 863. The molecular weight excluding hydrogens is 364 g/mol. The van der Waals surface area contributed by atoms with Gasteiger partial charge in [-0.3, -0.25) is 9.59 Å². The molecule has 2 rings (SSSR count). The molecule has 8 heteroatoms. The Morgan fingerprint density at radius 3 is 2.18 bits per heavy atom. The Morgan fingerprint density at radius 2 is 1.64 bits per heavy atom. The van der Waals surface area contributed by atoms with E-state index in [9.17, 15) is 14.4 Å². The molecule has 0 saturated heterocycles. The Hall–Kier alpha value is -3.55. The van der Waals surface area contributed by atoms with E-state index < -0.39 is 11.9 Å². The first kappa shape index (κ1) is 20.8. The van der Waals surface area contributed by atoms with E-state index in [1.54, 1.807) is 30.3 Å². The molecule has 0 radical (unpaired) electrons. The summed E-state index contributed by atoms with van der Waals surface area (Å²) in [5, 5.41) is 2.72. The van der Waals surface area contributed by atoms with E-state index in [1.807, 2.05) is 0 Å². The van der Waals surface area contributed by atoms with Crippen molar-refractivity contribution in [3.63, 3.8) is 0 Å². The van der Waals surface area contributed by atoms with Crippen molar-refractivity contribution in [2.75, 3.05) is 38.1 Å². The zero-order valence-electron chi connectivity index (χ0n) is 16.1. The van der Waals surface area contributed by atoms with Crippen molar-refractivity contribution in [1.29, 1.82) is 0 Å². The van der Waals surface area contributed by atoms with E-state index in [1.165, 1.54) is 45.3 Å². The van der Waals surface area contributed by atoms with Crippen LogP contribution >= 0.6 is 0 Å². The number of nitrogens with zero attached hydrogens (tertiary/aromatic N) is 1. The zero-order chi connectivity index (χ0) is 20.7. The van der Waals surface area contributed by atoms with Gasteiger partial charge in [0, 0.05) is 18.7 Å². The molecule has 0 spiro atoms. The van der Waals surface area contributed by atoms with Crippen LogP contribution in [-0.2, 0) is 14.3 Å². The monoisotopic (exact) mass is 386 g/mol. The van der Waals surface area contributed by atoms with Gasteiger partial charge in [-0.05, 0) is 36.4 Å². The third-order valence-electron chi connectivity index (χ3n) is 3.96. The van der Waals surface area contributed by atoms with Crippen molar-refractivity contribution in [2.45, 2.75) is 6.92 Å². The molecular formula is C20H22N2O6. The number of rotatable bonds is 7. The van der Waals surface area contributed by atoms with Crippen LogP contribution in [0.3, 0.4) is 0 Å². The molecule has 0 aliphatic rings. The van der Waals surface area contributed by atoms with Crippen LogP contribution in [-0.4, -0.2) is 45.7 Å². The minimum atomic E-state index is -0.483. The fraction of sp³-hybridized carbons (Fsp3) is 0.250. The van der Waals surface area contributed by atoms with Crippen molar-refractivity contribution >= 4 is 29.2 Å². The number of hydrogen-bond acceptors (Lipinski definition) is 6. The number of carbonyl (C=O) groups is 3. The third kappa shape index (κ3) is 5.00. The van der Waals surface area contributed by atoms with E-state index in [0.29, 0.717) is 28.4 Å². The summed E-state index contributed by atoms with van der Waals surface area (Å²) in [5.41, 5.74) is 1.25. The van der Waals surface area contributed by atoms with Crippen molar-refractivity contribution in [3.05, 3.63) is 48.0 Å². The Balaban J connectivity index is 2.17. The van der Waals surface area contributed by atoms with Crippen molar-refractivity contribution in [2.24, 2.45) is 0 Å². The molecule has 0 heterocycles. The quantitative estimate of drug-likeness (QED) is 0.735. The fourth-order valence-corrected chi connectivity index (χ4v) is 2.52. The summed E-state index contributed by atoms with van der Waals surface area (Å²) in [5.74, 6) is -0.204. The molecule has 2 amide bonds. The molecule has 0 saturated carbocycles. The second-order valence-corrected chi connectivity index (χ2v) is 5.76.